The Hall–Kier alpha value is -0.840. The van der Waals surface area contributed by atoms with Gasteiger partial charge in [-0.25, -0.2) is 4.39 Å². The number of hydrogen-bond donors (Lipinski definition) is 1. The fourth-order valence-corrected chi connectivity index (χ4v) is 1.67. The van der Waals surface area contributed by atoms with Gasteiger partial charge in [0.1, 0.15) is 18.2 Å². The molecule has 0 aliphatic carbocycles. The summed E-state index contributed by atoms with van der Waals surface area (Å²) in [5, 5.41) is 9.09. The Morgan fingerprint density at radius 3 is 2.76 bits per heavy atom. The largest absolute Gasteiger partial charge is 0.491 e. The van der Waals surface area contributed by atoms with Gasteiger partial charge in [0.25, 0.3) is 0 Å². The third-order valence-electron chi connectivity index (χ3n) is 2.42. The fourth-order valence-electron chi connectivity index (χ4n) is 1.45. The Kier molecular flexibility index (Phi) is 6.26. The van der Waals surface area contributed by atoms with Crippen LogP contribution >= 0.6 is 11.6 Å². The summed E-state index contributed by atoms with van der Waals surface area (Å²) < 4.78 is 18.2. The van der Waals surface area contributed by atoms with E-state index in [1.807, 2.05) is 6.92 Å². The maximum atomic E-state index is 12.8. The number of aliphatic hydroxyl groups is 1. The highest BCUT2D eigenvalue weighted by molar-refractivity contribution is 6.32. The van der Waals surface area contributed by atoms with E-state index in [2.05, 4.69) is 4.90 Å². The number of benzene rings is 1. The van der Waals surface area contributed by atoms with E-state index in [1.54, 1.807) is 0 Å². The first-order chi connectivity index (χ1) is 8.17. The molecule has 0 spiro atoms. The van der Waals surface area contributed by atoms with Crippen molar-refractivity contribution < 1.29 is 14.2 Å². The summed E-state index contributed by atoms with van der Waals surface area (Å²) in [6.45, 7) is 4.77. The molecule has 0 heterocycles. The van der Waals surface area contributed by atoms with Gasteiger partial charge in [0.15, 0.2) is 0 Å². The number of halogens is 2. The molecule has 1 rings (SSSR count). The van der Waals surface area contributed by atoms with Crippen molar-refractivity contribution in [3.8, 4) is 5.75 Å². The average molecular weight is 262 g/mol. The van der Waals surface area contributed by atoms with Gasteiger partial charge in [-0.15, -0.1) is 0 Å². The molecule has 96 valence electrons. The van der Waals surface area contributed by atoms with Crippen molar-refractivity contribution in [3.63, 3.8) is 0 Å². The normalized spacial score (nSPS) is 10.9. The Bertz CT molecular complexity index is 349. The molecule has 0 aliphatic rings. The van der Waals surface area contributed by atoms with Gasteiger partial charge in [0.05, 0.1) is 11.6 Å². The second-order valence-corrected chi connectivity index (χ2v) is 3.99. The van der Waals surface area contributed by atoms with Crippen LogP contribution in [0.3, 0.4) is 0 Å². The van der Waals surface area contributed by atoms with Crippen LogP contribution in [0.1, 0.15) is 6.92 Å². The smallest absolute Gasteiger partial charge is 0.138 e. The highest BCUT2D eigenvalue weighted by atomic mass is 35.5. The number of nitrogens with zero attached hydrogens (tertiary/aromatic N) is 1. The second-order valence-electron chi connectivity index (χ2n) is 3.58. The molecule has 17 heavy (non-hydrogen) atoms. The van der Waals surface area contributed by atoms with Gasteiger partial charge in [-0.3, -0.25) is 4.90 Å². The molecule has 1 aromatic rings. The van der Waals surface area contributed by atoms with E-state index in [0.717, 1.165) is 6.54 Å². The van der Waals surface area contributed by atoms with E-state index in [4.69, 9.17) is 21.4 Å². The van der Waals surface area contributed by atoms with E-state index in [1.165, 1.54) is 18.2 Å². The van der Waals surface area contributed by atoms with Crippen molar-refractivity contribution in [2.45, 2.75) is 6.92 Å². The molecule has 1 aromatic carbocycles. The minimum atomic E-state index is -0.377. The van der Waals surface area contributed by atoms with Crippen LogP contribution in [-0.2, 0) is 0 Å². The summed E-state index contributed by atoms with van der Waals surface area (Å²) >= 11 is 5.82. The third-order valence-corrected chi connectivity index (χ3v) is 2.72. The van der Waals surface area contributed by atoms with Crippen LogP contribution in [0, 0.1) is 5.82 Å². The predicted molar refractivity (Wildman–Crippen MR) is 66.1 cm³/mol. The molecule has 0 fully saturated rings. The molecule has 0 aromatic heterocycles. The zero-order chi connectivity index (χ0) is 12.7. The van der Waals surface area contributed by atoms with Crippen molar-refractivity contribution in [1.29, 1.82) is 0 Å². The number of hydrogen-bond acceptors (Lipinski definition) is 3. The van der Waals surface area contributed by atoms with E-state index in [9.17, 15) is 4.39 Å². The molecule has 0 saturated heterocycles. The summed E-state index contributed by atoms with van der Waals surface area (Å²) in [5.74, 6) is 0.103. The standard InChI is InChI=1S/C12H17ClFNO2/c1-2-15(5-7-16)6-8-17-12-4-3-10(14)9-11(12)13/h3-4,9,16H,2,5-8H2,1H3. The minimum Gasteiger partial charge on any atom is -0.491 e. The maximum absolute atomic E-state index is 12.8. The van der Waals surface area contributed by atoms with Crippen molar-refractivity contribution in [2.75, 3.05) is 32.8 Å². The molecule has 0 aliphatic heterocycles. The Labute approximate surface area is 106 Å². The Morgan fingerprint density at radius 1 is 1.41 bits per heavy atom. The molecule has 5 heteroatoms. The lowest BCUT2D eigenvalue weighted by atomic mass is 10.3. The molecule has 0 bridgehead atoms. The lowest BCUT2D eigenvalue weighted by Gasteiger charge is -2.19. The molecule has 0 atom stereocenters. The minimum absolute atomic E-state index is 0.130. The second kappa shape index (κ2) is 7.48. The third kappa shape index (κ3) is 4.89. The Balaban J connectivity index is 2.39. The van der Waals surface area contributed by atoms with Gasteiger partial charge >= 0.3 is 0 Å². The highest BCUT2D eigenvalue weighted by Gasteiger charge is 2.05. The molecule has 0 unspecified atom stereocenters. The average Bonchev–Trinajstić information content (AvgIpc) is 2.30. The van der Waals surface area contributed by atoms with Gasteiger partial charge in [-0.05, 0) is 24.7 Å². The molecular formula is C12H17ClFNO2. The van der Waals surface area contributed by atoms with Gasteiger partial charge in [-0.2, -0.15) is 0 Å². The van der Waals surface area contributed by atoms with Crippen LogP contribution in [0.5, 0.6) is 5.75 Å². The first kappa shape index (κ1) is 14.2. The molecule has 1 N–H and O–H groups in total. The lowest BCUT2D eigenvalue weighted by Crippen LogP contribution is -2.30. The number of ether oxygens (including phenoxy) is 1. The summed E-state index contributed by atoms with van der Waals surface area (Å²) in [6.07, 6.45) is 0. The maximum Gasteiger partial charge on any atom is 0.138 e. The zero-order valence-corrected chi connectivity index (χ0v) is 10.6. The predicted octanol–water partition coefficient (Wildman–Crippen LogP) is 2.17. The van der Waals surface area contributed by atoms with Gasteiger partial charge < -0.3 is 9.84 Å². The van der Waals surface area contributed by atoms with Crippen molar-refractivity contribution >= 4 is 11.6 Å². The molecule has 3 nitrogen and oxygen atoms in total. The van der Waals surface area contributed by atoms with Crippen molar-refractivity contribution in [2.24, 2.45) is 0 Å². The summed E-state index contributed by atoms with van der Waals surface area (Å²) in [4.78, 5) is 2.05. The van der Waals surface area contributed by atoms with E-state index >= 15 is 0 Å². The number of rotatable bonds is 7. The van der Waals surface area contributed by atoms with Crippen LogP contribution < -0.4 is 4.74 Å². The van der Waals surface area contributed by atoms with Gasteiger partial charge in [0, 0.05) is 13.1 Å². The summed E-state index contributed by atoms with van der Waals surface area (Å²) in [5.41, 5.74) is 0. The molecular weight excluding hydrogens is 245 g/mol. The molecule has 0 saturated carbocycles. The summed E-state index contributed by atoms with van der Waals surface area (Å²) in [6, 6.07) is 4.05. The topological polar surface area (TPSA) is 32.7 Å². The van der Waals surface area contributed by atoms with Crippen LogP contribution in [0.4, 0.5) is 4.39 Å². The van der Waals surface area contributed by atoms with E-state index < -0.39 is 0 Å². The van der Waals surface area contributed by atoms with Crippen molar-refractivity contribution in [1.82, 2.24) is 4.90 Å². The summed E-state index contributed by atoms with van der Waals surface area (Å²) in [7, 11) is 0. The van der Waals surface area contributed by atoms with Gasteiger partial charge in [-0.1, -0.05) is 18.5 Å². The Morgan fingerprint density at radius 2 is 2.18 bits per heavy atom. The highest BCUT2D eigenvalue weighted by Crippen LogP contribution is 2.24. The van der Waals surface area contributed by atoms with E-state index in [-0.39, 0.29) is 17.4 Å². The molecule has 0 radical (unpaired) electrons. The van der Waals surface area contributed by atoms with Crippen molar-refractivity contribution in [3.05, 3.63) is 29.0 Å². The van der Waals surface area contributed by atoms with Gasteiger partial charge in [0.2, 0.25) is 0 Å². The SMILES string of the molecule is CCN(CCO)CCOc1ccc(F)cc1Cl. The zero-order valence-electron chi connectivity index (χ0n) is 9.83. The van der Waals surface area contributed by atoms with Crippen LogP contribution in [-0.4, -0.2) is 42.9 Å². The fraction of sp³-hybridized carbons (Fsp3) is 0.500. The van der Waals surface area contributed by atoms with Crippen LogP contribution in [0.15, 0.2) is 18.2 Å². The number of likely N-dealkylation sites (N-methyl/N-ethyl adjacent to an activating group) is 1. The first-order valence-electron chi connectivity index (χ1n) is 5.58. The molecule has 0 amide bonds. The van der Waals surface area contributed by atoms with E-state index in [0.29, 0.717) is 25.4 Å². The number of aliphatic hydroxyl groups excluding tert-OH is 1. The monoisotopic (exact) mass is 261 g/mol. The quantitative estimate of drug-likeness (QED) is 0.817. The lowest BCUT2D eigenvalue weighted by molar-refractivity contribution is 0.174. The van der Waals surface area contributed by atoms with Crippen LogP contribution in [0.25, 0.3) is 0 Å². The van der Waals surface area contributed by atoms with Crippen LogP contribution in [0.2, 0.25) is 5.02 Å². The first-order valence-corrected chi connectivity index (χ1v) is 5.96.